The molecule has 1 heterocycles. The number of aliphatic carboxylic acids is 1. The molecule has 0 radical (unpaired) electrons. The van der Waals surface area contributed by atoms with Gasteiger partial charge in [0.1, 0.15) is 17.7 Å². The number of nitriles is 1. The number of carboxylic acids is 1. The fourth-order valence-electron chi connectivity index (χ4n) is 2.26. The Hall–Kier alpha value is -3.34. The van der Waals surface area contributed by atoms with Crippen molar-refractivity contribution in [1.29, 1.82) is 5.26 Å². The van der Waals surface area contributed by atoms with Crippen molar-refractivity contribution in [2.24, 2.45) is 5.92 Å². The van der Waals surface area contributed by atoms with Crippen molar-refractivity contribution in [3.05, 3.63) is 36.2 Å². The number of aromatic nitrogens is 2. The number of benzene rings is 1. The quantitative estimate of drug-likeness (QED) is 0.450. The summed E-state index contributed by atoms with van der Waals surface area (Å²) in [6.07, 6.45) is 3.22. The molecule has 1 unspecified atom stereocenters. The number of H-pyrrole nitrogens is 1. The standard InChI is InChI=1S/C17H19N5O3/c1-10(2)5-15(17(24)25)21-16(23)12(7-18)8-19-13-4-3-11-9-20-22-14(11)6-13/h3-4,6,8-10,15,19H,5H2,1-2H3,(H,20,22)(H,21,23)(H,24,25)/b12-8-. The number of carbonyl (C=O) groups excluding carboxylic acids is 1. The van der Waals surface area contributed by atoms with Crippen LogP contribution in [0.2, 0.25) is 0 Å². The highest BCUT2D eigenvalue weighted by molar-refractivity contribution is 5.99. The molecule has 0 saturated carbocycles. The van der Waals surface area contributed by atoms with E-state index < -0.39 is 17.9 Å². The van der Waals surface area contributed by atoms with Crippen molar-refractivity contribution in [3.63, 3.8) is 0 Å². The van der Waals surface area contributed by atoms with Gasteiger partial charge in [0.15, 0.2) is 0 Å². The number of nitrogens with one attached hydrogen (secondary N) is 3. The Morgan fingerprint density at radius 1 is 1.44 bits per heavy atom. The Morgan fingerprint density at radius 3 is 2.84 bits per heavy atom. The summed E-state index contributed by atoms with van der Waals surface area (Å²) in [6, 6.07) is 6.14. The minimum Gasteiger partial charge on any atom is -0.480 e. The fraction of sp³-hybridized carbons (Fsp3) is 0.294. The summed E-state index contributed by atoms with van der Waals surface area (Å²) in [5, 5.41) is 31.2. The first-order chi connectivity index (χ1) is 11.9. The van der Waals surface area contributed by atoms with Crippen molar-refractivity contribution in [3.8, 4) is 6.07 Å². The van der Waals surface area contributed by atoms with Crippen LogP contribution in [0.25, 0.3) is 10.9 Å². The smallest absolute Gasteiger partial charge is 0.326 e. The third kappa shape index (κ3) is 4.81. The van der Waals surface area contributed by atoms with Crippen molar-refractivity contribution in [2.45, 2.75) is 26.3 Å². The van der Waals surface area contributed by atoms with Gasteiger partial charge in [0.25, 0.3) is 5.91 Å². The predicted molar refractivity (Wildman–Crippen MR) is 92.4 cm³/mol. The molecule has 2 rings (SSSR count). The highest BCUT2D eigenvalue weighted by atomic mass is 16.4. The number of carboxylic acid groups (broad SMARTS) is 1. The molecule has 130 valence electrons. The summed E-state index contributed by atoms with van der Waals surface area (Å²) in [5.74, 6) is -1.77. The van der Waals surface area contributed by atoms with E-state index in [4.69, 9.17) is 5.26 Å². The second kappa shape index (κ2) is 7.97. The number of hydrogen-bond acceptors (Lipinski definition) is 5. The maximum absolute atomic E-state index is 12.1. The lowest BCUT2D eigenvalue weighted by molar-refractivity contribution is -0.141. The van der Waals surface area contributed by atoms with Gasteiger partial charge >= 0.3 is 5.97 Å². The number of anilines is 1. The molecule has 1 aromatic carbocycles. The normalized spacial score (nSPS) is 12.6. The molecule has 0 aliphatic carbocycles. The molecule has 25 heavy (non-hydrogen) atoms. The Morgan fingerprint density at radius 2 is 2.20 bits per heavy atom. The van der Waals surface area contributed by atoms with Crippen molar-refractivity contribution in [1.82, 2.24) is 15.5 Å². The van der Waals surface area contributed by atoms with Crippen LogP contribution < -0.4 is 10.6 Å². The first kappa shape index (κ1) is 18.0. The molecule has 1 aromatic heterocycles. The van der Waals surface area contributed by atoms with Crippen molar-refractivity contribution < 1.29 is 14.7 Å². The van der Waals surface area contributed by atoms with Gasteiger partial charge in [-0.3, -0.25) is 9.89 Å². The number of aromatic amines is 1. The zero-order chi connectivity index (χ0) is 18.4. The third-order valence-electron chi connectivity index (χ3n) is 3.50. The Labute approximate surface area is 144 Å². The van der Waals surface area contributed by atoms with Crippen LogP contribution in [0.5, 0.6) is 0 Å². The second-order valence-corrected chi connectivity index (χ2v) is 5.98. The van der Waals surface area contributed by atoms with Crippen LogP contribution in [-0.2, 0) is 9.59 Å². The molecule has 0 fully saturated rings. The summed E-state index contributed by atoms with van der Waals surface area (Å²) in [4.78, 5) is 23.4. The maximum atomic E-state index is 12.1. The number of fused-ring (bicyclic) bond motifs is 1. The van der Waals surface area contributed by atoms with Gasteiger partial charge in [-0.05, 0) is 30.5 Å². The Balaban J connectivity index is 2.08. The molecule has 1 amide bonds. The first-order valence-electron chi connectivity index (χ1n) is 7.74. The average molecular weight is 341 g/mol. The predicted octanol–water partition coefficient (Wildman–Crippen LogP) is 2.00. The monoisotopic (exact) mass is 341 g/mol. The van der Waals surface area contributed by atoms with E-state index in [1.54, 1.807) is 24.4 Å². The molecular formula is C17H19N5O3. The summed E-state index contributed by atoms with van der Waals surface area (Å²) in [6.45, 7) is 3.71. The van der Waals surface area contributed by atoms with Gasteiger partial charge in [-0.2, -0.15) is 10.4 Å². The molecule has 0 aliphatic heterocycles. The molecule has 0 bridgehead atoms. The van der Waals surface area contributed by atoms with Crippen LogP contribution in [0, 0.1) is 17.2 Å². The van der Waals surface area contributed by atoms with Gasteiger partial charge < -0.3 is 15.7 Å². The number of rotatable bonds is 7. The fourth-order valence-corrected chi connectivity index (χ4v) is 2.26. The van der Waals surface area contributed by atoms with E-state index in [-0.39, 0.29) is 17.9 Å². The van der Waals surface area contributed by atoms with Crippen molar-refractivity contribution in [2.75, 3.05) is 5.32 Å². The van der Waals surface area contributed by atoms with Crippen LogP contribution in [0.3, 0.4) is 0 Å². The van der Waals surface area contributed by atoms with Gasteiger partial charge in [-0.15, -0.1) is 0 Å². The van der Waals surface area contributed by atoms with Crippen LogP contribution in [-0.4, -0.2) is 33.2 Å². The molecular weight excluding hydrogens is 322 g/mol. The summed E-state index contributed by atoms with van der Waals surface area (Å²) < 4.78 is 0. The molecule has 4 N–H and O–H groups in total. The van der Waals surface area contributed by atoms with Crippen LogP contribution in [0.4, 0.5) is 5.69 Å². The average Bonchev–Trinajstić information content (AvgIpc) is 3.02. The third-order valence-corrected chi connectivity index (χ3v) is 3.50. The minimum atomic E-state index is -1.13. The minimum absolute atomic E-state index is 0.0928. The van der Waals surface area contributed by atoms with Crippen molar-refractivity contribution >= 4 is 28.5 Å². The highest BCUT2D eigenvalue weighted by Gasteiger charge is 2.22. The Bertz CT molecular complexity index is 847. The van der Waals surface area contributed by atoms with Crippen LogP contribution >= 0.6 is 0 Å². The van der Waals surface area contributed by atoms with Gasteiger partial charge in [0.2, 0.25) is 0 Å². The molecule has 0 saturated heterocycles. The van der Waals surface area contributed by atoms with E-state index in [2.05, 4.69) is 20.8 Å². The first-order valence-corrected chi connectivity index (χ1v) is 7.74. The molecule has 1 atom stereocenters. The van der Waals surface area contributed by atoms with E-state index in [0.29, 0.717) is 5.69 Å². The lowest BCUT2D eigenvalue weighted by Gasteiger charge is -2.16. The Kier molecular flexibility index (Phi) is 5.74. The van der Waals surface area contributed by atoms with Crippen LogP contribution in [0.15, 0.2) is 36.2 Å². The number of carbonyl (C=O) groups is 2. The van der Waals surface area contributed by atoms with Gasteiger partial charge in [0, 0.05) is 17.3 Å². The van der Waals surface area contributed by atoms with E-state index in [1.807, 2.05) is 19.9 Å². The maximum Gasteiger partial charge on any atom is 0.326 e. The van der Waals surface area contributed by atoms with E-state index in [1.165, 1.54) is 6.20 Å². The molecule has 8 nitrogen and oxygen atoms in total. The van der Waals surface area contributed by atoms with Gasteiger partial charge in [0.05, 0.1) is 11.7 Å². The van der Waals surface area contributed by atoms with E-state index in [9.17, 15) is 14.7 Å². The topological polar surface area (TPSA) is 131 Å². The second-order valence-electron chi connectivity index (χ2n) is 5.98. The van der Waals surface area contributed by atoms with Gasteiger partial charge in [-0.25, -0.2) is 4.79 Å². The largest absolute Gasteiger partial charge is 0.480 e. The number of nitrogens with zero attached hydrogens (tertiary/aromatic N) is 2. The van der Waals surface area contributed by atoms with Gasteiger partial charge in [-0.1, -0.05) is 13.8 Å². The highest BCUT2D eigenvalue weighted by Crippen LogP contribution is 2.16. The number of amides is 1. The zero-order valence-electron chi connectivity index (χ0n) is 13.9. The molecule has 0 aliphatic rings. The molecule has 8 heteroatoms. The van der Waals surface area contributed by atoms with E-state index in [0.717, 1.165) is 10.9 Å². The van der Waals surface area contributed by atoms with E-state index >= 15 is 0 Å². The molecule has 0 spiro atoms. The summed E-state index contributed by atoms with van der Waals surface area (Å²) in [5.41, 5.74) is 1.26. The lowest BCUT2D eigenvalue weighted by atomic mass is 10.0. The molecule has 2 aromatic rings. The van der Waals surface area contributed by atoms with Crippen LogP contribution in [0.1, 0.15) is 20.3 Å². The summed E-state index contributed by atoms with van der Waals surface area (Å²) in [7, 11) is 0. The zero-order valence-corrected chi connectivity index (χ0v) is 13.9. The summed E-state index contributed by atoms with van der Waals surface area (Å²) >= 11 is 0. The lowest BCUT2D eigenvalue weighted by Crippen LogP contribution is -2.42. The SMILES string of the molecule is CC(C)CC(NC(=O)/C(C#N)=C\Nc1ccc2cn[nH]c2c1)C(=O)O. The number of hydrogen-bond donors (Lipinski definition) is 4.